The van der Waals surface area contributed by atoms with Gasteiger partial charge in [-0.3, -0.25) is 14.8 Å². The molecule has 2 fully saturated rings. The van der Waals surface area contributed by atoms with Gasteiger partial charge in [0.1, 0.15) is 0 Å². The van der Waals surface area contributed by atoms with Gasteiger partial charge in [0.25, 0.3) is 0 Å². The number of hydroxylamine groups is 1. The number of nitrogens with one attached hydrogen (secondary N) is 1. The van der Waals surface area contributed by atoms with Crippen LogP contribution in [0.4, 0.5) is 11.4 Å². The Morgan fingerprint density at radius 1 is 1.00 bits per heavy atom. The van der Waals surface area contributed by atoms with Crippen LogP contribution in [0.3, 0.4) is 0 Å². The van der Waals surface area contributed by atoms with Gasteiger partial charge < -0.3 is 9.80 Å². The zero-order chi connectivity index (χ0) is 19.8. The van der Waals surface area contributed by atoms with E-state index < -0.39 is 0 Å². The van der Waals surface area contributed by atoms with E-state index in [1.165, 1.54) is 24.9 Å². The van der Waals surface area contributed by atoms with Gasteiger partial charge in [-0.15, -0.1) is 0 Å². The smallest absolute Gasteiger partial charge is 0.243 e. The molecule has 0 radical (unpaired) electrons. The van der Waals surface area contributed by atoms with Crippen LogP contribution in [0, 0.1) is 5.92 Å². The van der Waals surface area contributed by atoms with Crippen molar-refractivity contribution in [1.29, 1.82) is 0 Å². The largest absolute Gasteiger partial charge is 0.372 e. The van der Waals surface area contributed by atoms with Gasteiger partial charge in [-0.25, -0.2) is 5.48 Å². The molecule has 2 amide bonds. The van der Waals surface area contributed by atoms with E-state index in [0.717, 1.165) is 63.8 Å². The van der Waals surface area contributed by atoms with Gasteiger partial charge in [0.05, 0.1) is 0 Å². The maximum Gasteiger partial charge on any atom is 0.243 e. The highest BCUT2D eigenvalue weighted by Gasteiger charge is 2.33. The van der Waals surface area contributed by atoms with Gasteiger partial charge in [-0.1, -0.05) is 12.8 Å². The summed E-state index contributed by atoms with van der Waals surface area (Å²) >= 11 is 0. The Labute approximate surface area is 167 Å². The van der Waals surface area contributed by atoms with E-state index in [0.29, 0.717) is 6.42 Å². The van der Waals surface area contributed by atoms with Crippen molar-refractivity contribution in [3.8, 4) is 0 Å². The number of rotatable bonds is 10. The summed E-state index contributed by atoms with van der Waals surface area (Å²) in [5, 5.41) is 8.51. The number of carbonyl (C=O) groups excluding carboxylic acids is 2. The molecule has 154 valence electrons. The monoisotopic (exact) mass is 387 g/mol. The molecule has 0 atom stereocenters. The minimum atomic E-state index is -0.334. The van der Waals surface area contributed by atoms with Crippen molar-refractivity contribution in [2.24, 2.45) is 5.92 Å². The third-order valence-electron chi connectivity index (χ3n) is 5.74. The molecule has 1 saturated carbocycles. The molecular weight excluding hydrogens is 354 g/mol. The summed E-state index contributed by atoms with van der Waals surface area (Å²) in [5.41, 5.74) is 3.91. The first-order valence-electron chi connectivity index (χ1n) is 10.8. The number of amides is 2. The standard InChI is InChI=1S/C22H33N3O3/c26-21(23-28)8-4-1-2-7-17-25(22(27)18-9-10-18)20-13-11-19(12-14-20)24-15-5-3-6-16-24/h11-14,18,28H,1-10,15-17H2,(H,23,26). The Morgan fingerprint density at radius 2 is 1.68 bits per heavy atom. The number of hydrogen-bond donors (Lipinski definition) is 2. The van der Waals surface area contributed by atoms with Crippen molar-refractivity contribution in [3.63, 3.8) is 0 Å². The second kappa shape index (κ2) is 10.5. The number of anilines is 2. The third-order valence-corrected chi connectivity index (χ3v) is 5.74. The zero-order valence-corrected chi connectivity index (χ0v) is 16.7. The van der Waals surface area contributed by atoms with E-state index in [2.05, 4.69) is 29.2 Å². The fourth-order valence-electron chi connectivity index (χ4n) is 3.88. The topological polar surface area (TPSA) is 72.9 Å². The zero-order valence-electron chi connectivity index (χ0n) is 16.7. The van der Waals surface area contributed by atoms with E-state index in [1.54, 1.807) is 5.48 Å². The molecule has 0 spiro atoms. The van der Waals surface area contributed by atoms with Crippen LogP contribution in [0.1, 0.15) is 64.2 Å². The molecule has 28 heavy (non-hydrogen) atoms. The average molecular weight is 388 g/mol. The van der Waals surface area contributed by atoms with Crippen molar-refractivity contribution >= 4 is 23.2 Å². The van der Waals surface area contributed by atoms with Gasteiger partial charge in [0.15, 0.2) is 0 Å². The SMILES string of the molecule is O=C(CCCCCCN(C(=O)C1CC1)c1ccc(N2CCCCC2)cc1)NO. The van der Waals surface area contributed by atoms with Crippen LogP contribution in [0.15, 0.2) is 24.3 Å². The minimum Gasteiger partial charge on any atom is -0.372 e. The summed E-state index contributed by atoms with van der Waals surface area (Å²) in [6.07, 6.45) is 9.78. The molecule has 6 nitrogen and oxygen atoms in total. The highest BCUT2D eigenvalue weighted by molar-refractivity contribution is 5.96. The molecule has 1 heterocycles. The third kappa shape index (κ3) is 5.96. The quantitative estimate of drug-likeness (QED) is 0.363. The normalized spacial score (nSPS) is 16.7. The molecule has 3 rings (SSSR count). The molecular formula is C22H33N3O3. The molecule has 6 heteroatoms. The number of nitrogens with zero attached hydrogens (tertiary/aromatic N) is 2. The van der Waals surface area contributed by atoms with Crippen molar-refractivity contribution in [2.45, 2.75) is 64.2 Å². The van der Waals surface area contributed by atoms with Crippen molar-refractivity contribution in [2.75, 3.05) is 29.4 Å². The van der Waals surface area contributed by atoms with E-state index in [1.807, 2.05) is 4.90 Å². The van der Waals surface area contributed by atoms with Gasteiger partial charge in [0.2, 0.25) is 11.8 Å². The highest BCUT2D eigenvalue weighted by Crippen LogP contribution is 2.33. The number of unbranched alkanes of at least 4 members (excludes halogenated alkanes) is 3. The summed E-state index contributed by atoms with van der Waals surface area (Å²) < 4.78 is 0. The molecule has 1 aromatic rings. The molecule has 1 saturated heterocycles. The van der Waals surface area contributed by atoms with Crippen LogP contribution in [-0.4, -0.2) is 36.7 Å². The summed E-state index contributed by atoms with van der Waals surface area (Å²) in [6.45, 7) is 2.97. The first-order valence-corrected chi connectivity index (χ1v) is 10.8. The van der Waals surface area contributed by atoms with Gasteiger partial charge in [-0.2, -0.15) is 0 Å². The van der Waals surface area contributed by atoms with E-state index in [9.17, 15) is 9.59 Å². The Balaban J connectivity index is 1.52. The summed E-state index contributed by atoms with van der Waals surface area (Å²) in [5.74, 6) is 0.125. The van der Waals surface area contributed by atoms with E-state index in [-0.39, 0.29) is 17.7 Å². The number of carbonyl (C=O) groups is 2. The van der Waals surface area contributed by atoms with E-state index in [4.69, 9.17) is 5.21 Å². The molecule has 0 bridgehead atoms. The minimum absolute atomic E-state index is 0.204. The van der Waals surface area contributed by atoms with Crippen LogP contribution in [0.5, 0.6) is 0 Å². The lowest BCUT2D eigenvalue weighted by Crippen LogP contribution is -2.33. The molecule has 2 aliphatic rings. The Morgan fingerprint density at radius 3 is 2.32 bits per heavy atom. The number of hydrogen-bond acceptors (Lipinski definition) is 4. The first-order chi connectivity index (χ1) is 13.7. The molecule has 0 aromatic heterocycles. The lowest BCUT2D eigenvalue weighted by atomic mass is 10.1. The maximum atomic E-state index is 12.8. The summed E-state index contributed by atoms with van der Waals surface area (Å²) in [7, 11) is 0. The Hall–Kier alpha value is -2.08. The summed E-state index contributed by atoms with van der Waals surface area (Å²) in [6, 6.07) is 8.49. The Kier molecular flexibility index (Phi) is 7.71. The number of piperidine rings is 1. The number of benzene rings is 1. The van der Waals surface area contributed by atoms with Gasteiger partial charge in [-0.05, 0) is 69.2 Å². The van der Waals surface area contributed by atoms with Crippen molar-refractivity contribution in [3.05, 3.63) is 24.3 Å². The van der Waals surface area contributed by atoms with Gasteiger partial charge >= 0.3 is 0 Å². The van der Waals surface area contributed by atoms with Crippen LogP contribution < -0.4 is 15.3 Å². The second-order valence-electron chi connectivity index (χ2n) is 8.03. The van der Waals surface area contributed by atoms with Crippen LogP contribution in [0.2, 0.25) is 0 Å². The maximum absolute atomic E-state index is 12.8. The van der Waals surface area contributed by atoms with Crippen LogP contribution >= 0.6 is 0 Å². The fourth-order valence-corrected chi connectivity index (χ4v) is 3.88. The van der Waals surface area contributed by atoms with Crippen LogP contribution in [-0.2, 0) is 9.59 Å². The predicted octanol–water partition coefficient (Wildman–Crippen LogP) is 3.88. The van der Waals surface area contributed by atoms with Crippen LogP contribution in [0.25, 0.3) is 0 Å². The molecule has 1 aliphatic heterocycles. The highest BCUT2D eigenvalue weighted by atomic mass is 16.5. The predicted molar refractivity (Wildman–Crippen MR) is 111 cm³/mol. The average Bonchev–Trinajstić information content (AvgIpc) is 3.59. The summed E-state index contributed by atoms with van der Waals surface area (Å²) in [4.78, 5) is 28.2. The first kappa shape index (κ1) is 20.6. The molecule has 0 unspecified atom stereocenters. The van der Waals surface area contributed by atoms with E-state index >= 15 is 0 Å². The second-order valence-corrected chi connectivity index (χ2v) is 8.03. The molecule has 2 N–H and O–H groups in total. The van der Waals surface area contributed by atoms with Crippen molar-refractivity contribution < 1.29 is 14.8 Å². The van der Waals surface area contributed by atoms with Gasteiger partial charge in [0, 0.05) is 43.3 Å². The Bertz CT molecular complexity index is 637. The van der Waals surface area contributed by atoms with Crippen molar-refractivity contribution in [1.82, 2.24) is 5.48 Å². The molecule has 1 aliphatic carbocycles. The lowest BCUT2D eigenvalue weighted by Gasteiger charge is -2.29. The fraction of sp³-hybridized carbons (Fsp3) is 0.636. The lowest BCUT2D eigenvalue weighted by molar-refractivity contribution is -0.129. The molecule has 1 aromatic carbocycles.